The van der Waals surface area contributed by atoms with Crippen LogP contribution in [-0.4, -0.2) is 25.2 Å². The van der Waals surface area contributed by atoms with Crippen LogP contribution in [0.2, 0.25) is 0 Å². The highest BCUT2D eigenvalue weighted by molar-refractivity contribution is 7.92. The molecule has 17 heavy (non-hydrogen) atoms. The van der Waals surface area contributed by atoms with Crippen LogP contribution >= 0.6 is 0 Å². The SMILES string of the molecule is CC[C@@H](C(=O)c1ccc(F)cc1)S(=O)(=O)CC. The highest BCUT2D eigenvalue weighted by Gasteiger charge is 2.29. The highest BCUT2D eigenvalue weighted by atomic mass is 32.2. The molecular formula is C12H15FO3S. The summed E-state index contributed by atoms with van der Waals surface area (Å²) in [5, 5.41) is -1.03. The summed E-state index contributed by atoms with van der Waals surface area (Å²) in [6, 6.07) is 4.92. The lowest BCUT2D eigenvalue weighted by atomic mass is 10.1. The largest absolute Gasteiger partial charge is 0.293 e. The minimum Gasteiger partial charge on any atom is -0.293 e. The van der Waals surface area contributed by atoms with Crippen LogP contribution in [0.3, 0.4) is 0 Å². The van der Waals surface area contributed by atoms with Gasteiger partial charge in [-0.1, -0.05) is 13.8 Å². The third-order valence-corrected chi connectivity index (χ3v) is 4.85. The van der Waals surface area contributed by atoms with Gasteiger partial charge in [-0.2, -0.15) is 0 Å². The number of sulfone groups is 1. The fourth-order valence-corrected chi connectivity index (χ4v) is 2.98. The van der Waals surface area contributed by atoms with Gasteiger partial charge in [-0.15, -0.1) is 0 Å². The van der Waals surface area contributed by atoms with Crippen LogP contribution in [0.1, 0.15) is 30.6 Å². The second-order valence-electron chi connectivity index (χ2n) is 3.72. The van der Waals surface area contributed by atoms with Crippen molar-refractivity contribution in [3.8, 4) is 0 Å². The number of rotatable bonds is 5. The molecule has 0 saturated heterocycles. The van der Waals surface area contributed by atoms with Crippen LogP contribution in [-0.2, 0) is 9.84 Å². The smallest absolute Gasteiger partial charge is 0.180 e. The Morgan fingerprint density at radius 1 is 1.24 bits per heavy atom. The van der Waals surface area contributed by atoms with Gasteiger partial charge in [0.25, 0.3) is 0 Å². The number of Topliss-reactive ketones (excluding diaryl/α,β-unsaturated/α-hetero) is 1. The molecule has 0 spiro atoms. The topological polar surface area (TPSA) is 51.2 Å². The number of hydrogen-bond acceptors (Lipinski definition) is 3. The van der Waals surface area contributed by atoms with E-state index in [9.17, 15) is 17.6 Å². The predicted octanol–water partition coefficient (Wildman–Crippen LogP) is 2.22. The van der Waals surface area contributed by atoms with Crippen molar-refractivity contribution in [2.24, 2.45) is 0 Å². The van der Waals surface area contributed by atoms with Gasteiger partial charge in [-0.05, 0) is 30.7 Å². The molecule has 0 saturated carbocycles. The second-order valence-corrected chi connectivity index (χ2v) is 6.19. The van der Waals surface area contributed by atoms with Gasteiger partial charge >= 0.3 is 0 Å². The van der Waals surface area contributed by atoms with E-state index in [-0.39, 0.29) is 17.7 Å². The molecule has 0 amide bonds. The summed E-state index contributed by atoms with van der Waals surface area (Å²) in [6.45, 7) is 3.16. The zero-order chi connectivity index (χ0) is 13.1. The average molecular weight is 258 g/mol. The lowest BCUT2D eigenvalue weighted by Crippen LogP contribution is -2.31. The molecule has 1 atom stereocenters. The van der Waals surface area contributed by atoms with E-state index in [4.69, 9.17) is 0 Å². The van der Waals surface area contributed by atoms with Gasteiger partial charge in [0.15, 0.2) is 15.6 Å². The molecule has 0 bridgehead atoms. The van der Waals surface area contributed by atoms with Gasteiger partial charge in [-0.3, -0.25) is 4.79 Å². The van der Waals surface area contributed by atoms with E-state index in [0.29, 0.717) is 0 Å². The number of carbonyl (C=O) groups excluding carboxylic acids is 1. The number of carbonyl (C=O) groups is 1. The molecule has 5 heteroatoms. The van der Waals surface area contributed by atoms with Gasteiger partial charge in [-0.25, -0.2) is 12.8 Å². The van der Waals surface area contributed by atoms with Crippen molar-refractivity contribution in [2.45, 2.75) is 25.5 Å². The van der Waals surface area contributed by atoms with Crippen LogP contribution in [0.5, 0.6) is 0 Å². The summed E-state index contributed by atoms with van der Waals surface area (Å²) in [6.07, 6.45) is 0.229. The minimum atomic E-state index is -3.41. The third kappa shape index (κ3) is 3.12. The summed E-state index contributed by atoms with van der Waals surface area (Å²) in [4.78, 5) is 12.0. The Kier molecular flexibility index (Phi) is 4.40. The van der Waals surface area contributed by atoms with Crippen LogP contribution in [0.25, 0.3) is 0 Å². The van der Waals surface area contributed by atoms with Crippen molar-refractivity contribution >= 4 is 15.6 Å². The van der Waals surface area contributed by atoms with E-state index in [1.165, 1.54) is 19.1 Å². The van der Waals surface area contributed by atoms with Crippen molar-refractivity contribution in [1.82, 2.24) is 0 Å². The monoisotopic (exact) mass is 258 g/mol. The van der Waals surface area contributed by atoms with Gasteiger partial charge in [0.05, 0.1) is 0 Å². The van der Waals surface area contributed by atoms with E-state index in [2.05, 4.69) is 0 Å². The first-order valence-corrected chi connectivity index (χ1v) is 7.15. The second kappa shape index (κ2) is 5.40. The fraction of sp³-hybridized carbons (Fsp3) is 0.417. The van der Waals surface area contributed by atoms with E-state index in [1.807, 2.05) is 0 Å². The van der Waals surface area contributed by atoms with Gasteiger partial charge in [0.2, 0.25) is 0 Å². The van der Waals surface area contributed by atoms with Crippen LogP contribution < -0.4 is 0 Å². The predicted molar refractivity (Wildman–Crippen MR) is 64.3 cm³/mol. The van der Waals surface area contributed by atoms with Gasteiger partial charge in [0, 0.05) is 11.3 Å². The molecule has 0 aliphatic carbocycles. The Morgan fingerprint density at radius 2 is 1.76 bits per heavy atom. The maximum Gasteiger partial charge on any atom is 0.180 e. The Hall–Kier alpha value is -1.23. The molecule has 1 aromatic carbocycles. The maximum absolute atomic E-state index is 12.7. The molecule has 0 aliphatic rings. The molecule has 0 aliphatic heterocycles. The van der Waals surface area contributed by atoms with Crippen molar-refractivity contribution in [2.75, 3.05) is 5.75 Å². The lowest BCUT2D eigenvalue weighted by molar-refractivity contribution is 0.0985. The Bertz CT molecular complexity index is 491. The zero-order valence-corrected chi connectivity index (χ0v) is 10.6. The first kappa shape index (κ1) is 13.8. The molecule has 3 nitrogen and oxygen atoms in total. The molecule has 94 valence electrons. The molecule has 0 fully saturated rings. The minimum absolute atomic E-state index is 0.0710. The van der Waals surface area contributed by atoms with Gasteiger partial charge < -0.3 is 0 Å². The number of ketones is 1. The zero-order valence-electron chi connectivity index (χ0n) is 9.81. The Labute approximate surface area is 101 Å². The summed E-state index contributed by atoms with van der Waals surface area (Å²) in [5.41, 5.74) is 0.232. The van der Waals surface area contributed by atoms with Crippen LogP contribution in [0.15, 0.2) is 24.3 Å². The van der Waals surface area contributed by atoms with E-state index >= 15 is 0 Å². The standard InChI is InChI=1S/C12H15FO3S/c1-3-11(17(15,16)4-2)12(14)9-5-7-10(13)8-6-9/h5-8,11H,3-4H2,1-2H3/t11-/m0/s1. The Morgan fingerprint density at radius 3 is 2.18 bits per heavy atom. The normalized spacial score (nSPS) is 13.4. The quantitative estimate of drug-likeness (QED) is 0.761. The molecule has 0 unspecified atom stereocenters. The highest BCUT2D eigenvalue weighted by Crippen LogP contribution is 2.15. The summed E-state index contributed by atoms with van der Waals surface area (Å²) in [7, 11) is -3.41. The number of halogens is 1. The van der Waals surface area contributed by atoms with Crippen molar-refractivity contribution in [3.63, 3.8) is 0 Å². The molecule has 0 radical (unpaired) electrons. The molecule has 0 N–H and O–H groups in total. The van der Waals surface area contributed by atoms with Crippen LogP contribution in [0, 0.1) is 5.82 Å². The van der Waals surface area contributed by atoms with Crippen LogP contribution in [0.4, 0.5) is 4.39 Å². The third-order valence-electron chi connectivity index (χ3n) is 2.63. The molecular weight excluding hydrogens is 243 g/mol. The van der Waals surface area contributed by atoms with Gasteiger partial charge in [0.1, 0.15) is 11.1 Å². The van der Waals surface area contributed by atoms with E-state index in [1.54, 1.807) is 6.92 Å². The molecule has 0 heterocycles. The molecule has 1 aromatic rings. The van der Waals surface area contributed by atoms with Crippen molar-refractivity contribution < 1.29 is 17.6 Å². The van der Waals surface area contributed by atoms with Crippen molar-refractivity contribution in [1.29, 1.82) is 0 Å². The fourth-order valence-electron chi connectivity index (χ4n) is 1.60. The lowest BCUT2D eigenvalue weighted by Gasteiger charge is -2.13. The summed E-state index contributed by atoms with van der Waals surface area (Å²) < 4.78 is 36.1. The molecule has 1 rings (SSSR count). The summed E-state index contributed by atoms with van der Waals surface area (Å²) in [5.74, 6) is -0.986. The number of hydrogen-bond donors (Lipinski definition) is 0. The Balaban J connectivity index is 3.07. The summed E-state index contributed by atoms with van der Waals surface area (Å²) >= 11 is 0. The number of benzene rings is 1. The van der Waals surface area contributed by atoms with E-state index < -0.39 is 26.7 Å². The first-order chi connectivity index (χ1) is 7.92. The van der Waals surface area contributed by atoms with Crippen molar-refractivity contribution in [3.05, 3.63) is 35.6 Å². The maximum atomic E-state index is 12.7. The van der Waals surface area contributed by atoms with E-state index in [0.717, 1.165) is 12.1 Å². The molecule has 0 aromatic heterocycles. The first-order valence-electron chi connectivity index (χ1n) is 5.43. The average Bonchev–Trinajstić information content (AvgIpc) is 2.30.